The topological polar surface area (TPSA) is 187 Å². The lowest BCUT2D eigenvalue weighted by Gasteiger charge is -2.36. The molecule has 2 unspecified atom stereocenters. The van der Waals surface area contributed by atoms with Gasteiger partial charge in [-0.15, -0.1) is 0 Å². The monoisotopic (exact) mass is 594 g/mol. The summed E-state index contributed by atoms with van der Waals surface area (Å²) in [6.45, 7) is 0.559. The van der Waals surface area contributed by atoms with Crippen molar-refractivity contribution in [2.45, 2.75) is 56.1 Å². The van der Waals surface area contributed by atoms with Crippen LogP contribution in [-0.4, -0.2) is 76.8 Å². The Bertz CT molecular complexity index is 1370. The summed E-state index contributed by atoms with van der Waals surface area (Å²) in [5.74, 6) is -1.37. The highest BCUT2D eigenvalue weighted by atomic mass is 32.1. The van der Waals surface area contributed by atoms with Gasteiger partial charge in [0, 0.05) is 30.1 Å². The average molecular weight is 595 g/mol. The molecule has 0 spiro atoms. The van der Waals surface area contributed by atoms with Gasteiger partial charge in [-0.3, -0.25) is 19.7 Å². The molecule has 1 aliphatic rings. The number of nitrogens with one attached hydrogen (secondary N) is 5. The van der Waals surface area contributed by atoms with Gasteiger partial charge in [-0.2, -0.15) is 0 Å². The predicted octanol–water partition coefficient (Wildman–Crippen LogP) is -0.294. The molecule has 4 rings (SSSR count). The molecule has 0 saturated carbocycles. The number of hydrogen-bond acceptors (Lipinski definition) is 9. The normalized spacial score (nSPS) is 18.8. The number of piperazine rings is 1. The smallest absolute Gasteiger partial charge is 0.244 e. The molecule has 4 atom stereocenters. The van der Waals surface area contributed by atoms with Gasteiger partial charge in [0.15, 0.2) is 0 Å². The number of thiol groups is 1. The van der Waals surface area contributed by atoms with E-state index in [1.54, 1.807) is 4.31 Å². The Morgan fingerprint density at radius 3 is 2.55 bits per heavy atom. The molecule has 12 nitrogen and oxygen atoms in total. The third kappa shape index (κ3) is 8.39. The number of H-pyrrole nitrogens is 1. The highest BCUT2D eigenvalue weighted by Gasteiger charge is 2.37. The fourth-order valence-corrected chi connectivity index (χ4v) is 5.37. The number of nitrogens with zero attached hydrogens (tertiary/aromatic N) is 1. The first-order chi connectivity index (χ1) is 20.2. The third-order valence-corrected chi connectivity index (χ3v) is 7.67. The molecule has 1 aliphatic heterocycles. The molecule has 224 valence electrons. The van der Waals surface area contributed by atoms with Crippen LogP contribution in [0.2, 0.25) is 0 Å². The molecular formula is C29H38N8O4S. The lowest BCUT2D eigenvalue weighted by atomic mass is 10.0. The highest BCUT2D eigenvalue weighted by Crippen LogP contribution is 2.19. The van der Waals surface area contributed by atoms with E-state index in [-0.39, 0.29) is 25.3 Å². The Morgan fingerprint density at radius 2 is 1.83 bits per heavy atom. The van der Waals surface area contributed by atoms with E-state index in [2.05, 4.69) is 39.1 Å². The van der Waals surface area contributed by atoms with E-state index in [0.29, 0.717) is 25.7 Å². The lowest BCUT2D eigenvalue weighted by Crippen LogP contribution is -2.64. The number of fused-ring (bicyclic) bond motifs is 1. The number of rotatable bonds is 14. The first-order valence-corrected chi connectivity index (χ1v) is 14.3. The van der Waals surface area contributed by atoms with Gasteiger partial charge in [0.2, 0.25) is 17.7 Å². The molecule has 0 aliphatic carbocycles. The average Bonchev–Trinajstić information content (AvgIpc) is 3.38. The number of aldehydes is 1. The van der Waals surface area contributed by atoms with E-state index in [0.717, 1.165) is 22.0 Å². The second-order valence-corrected chi connectivity index (χ2v) is 10.9. The van der Waals surface area contributed by atoms with Crippen molar-refractivity contribution in [3.05, 3.63) is 71.9 Å². The van der Waals surface area contributed by atoms with Crippen LogP contribution in [0, 0.1) is 0 Å². The Kier molecular flexibility index (Phi) is 11.1. The van der Waals surface area contributed by atoms with Crippen molar-refractivity contribution in [2.24, 2.45) is 11.5 Å². The zero-order valence-electron chi connectivity index (χ0n) is 23.2. The number of benzene rings is 2. The maximum absolute atomic E-state index is 13.4. The van der Waals surface area contributed by atoms with E-state index in [1.807, 2.05) is 60.8 Å². The van der Waals surface area contributed by atoms with Crippen LogP contribution in [0.4, 0.5) is 0 Å². The SMILES string of the molecule is NC(N)NCCC[C@H](NC(=O)C1CN(S)C(Cc2ccccc2)C(=O)N1)C(=O)N[C@H](C=O)Cc1c[nH]c2ccccc12. The number of aromatic nitrogens is 1. The van der Waals surface area contributed by atoms with E-state index in [9.17, 15) is 19.2 Å². The Morgan fingerprint density at radius 1 is 1.10 bits per heavy atom. The Hall–Kier alpha value is -3.75. The second-order valence-electron chi connectivity index (χ2n) is 10.4. The van der Waals surface area contributed by atoms with Gasteiger partial charge >= 0.3 is 0 Å². The largest absolute Gasteiger partial charge is 0.361 e. The van der Waals surface area contributed by atoms with Gasteiger partial charge < -0.3 is 37.2 Å². The molecule has 42 heavy (non-hydrogen) atoms. The third-order valence-electron chi connectivity index (χ3n) is 7.23. The molecule has 3 aromatic rings. The summed E-state index contributed by atoms with van der Waals surface area (Å²) in [6.07, 6.45) is 3.21. The van der Waals surface area contributed by atoms with Gasteiger partial charge in [-0.25, -0.2) is 4.31 Å². The van der Waals surface area contributed by atoms with E-state index in [1.165, 1.54) is 0 Å². The zero-order valence-corrected chi connectivity index (χ0v) is 24.1. The summed E-state index contributed by atoms with van der Waals surface area (Å²) in [5, 5.41) is 12.1. The zero-order chi connectivity index (χ0) is 30.1. The number of para-hydroxylation sites is 1. The number of nitrogens with two attached hydrogens (primary N) is 2. The summed E-state index contributed by atoms with van der Waals surface area (Å²) in [5.41, 5.74) is 13.9. The Balaban J connectivity index is 1.39. The van der Waals surface area contributed by atoms with Crippen molar-refractivity contribution in [3.8, 4) is 0 Å². The molecule has 1 fully saturated rings. The van der Waals surface area contributed by atoms with E-state index in [4.69, 9.17) is 11.5 Å². The van der Waals surface area contributed by atoms with Crippen LogP contribution in [0.1, 0.15) is 24.0 Å². The van der Waals surface area contributed by atoms with Crippen LogP contribution < -0.4 is 32.7 Å². The van der Waals surface area contributed by atoms with Crippen molar-refractivity contribution >= 4 is 47.7 Å². The summed E-state index contributed by atoms with van der Waals surface area (Å²) >= 11 is 4.48. The number of hydrogen-bond donors (Lipinski definition) is 8. The minimum atomic E-state index is -0.967. The standard InChI is InChI=1S/C29H38N8O4S/c30-29(31)32-12-6-11-23(26(39)34-20(17-38)14-19-15-33-22-10-5-4-9-21(19)22)35-27(40)24-16-37(42)25(28(41)36-24)13-18-7-2-1-3-8-18/h1-5,7-10,15,17,20,23-25,29,32-33,42H,6,11-14,16,30-31H2,(H,34,39)(H,35,40)(H,36,41)/t20-,23-,24?,25?/m0/s1. The lowest BCUT2D eigenvalue weighted by molar-refractivity contribution is -0.136. The first kappa shape index (κ1) is 31.2. The number of carbonyl (C=O) groups is 4. The quantitative estimate of drug-likeness (QED) is 0.0541. The van der Waals surface area contributed by atoms with Gasteiger partial charge in [-0.1, -0.05) is 61.3 Å². The number of amides is 3. The molecule has 2 heterocycles. The van der Waals surface area contributed by atoms with Crippen LogP contribution in [0.15, 0.2) is 60.8 Å². The number of aromatic amines is 1. The van der Waals surface area contributed by atoms with Crippen LogP contribution in [0.25, 0.3) is 10.9 Å². The number of carbonyl (C=O) groups excluding carboxylic acids is 4. The molecule has 1 aromatic heterocycles. The van der Waals surface area contributed by atoms with Gasteiger partial charge in [0.25, 0.3) is 0 Å². The second kappa shape index (κ2) is 14.9. The molecule has 13 heteroatoms. The van der Waals surface area contributed by atoms with Crippen LogP contribution in [-0.2, 0) is 32.0 Å². The van der Waals surface area contributed by atoms with E-state index >= 15 is 0 Å². The van der Waals surface area contributed by atoms with Crippen molar-refractivity contribution in [1.82, 2.24) is 30.6 Å². The van der Waals surface area contributed by atoms with Crippen LogP contribution in [0.3, 0.4) is 0 Å². The van der Waals surface area contributed by atoms with Crippen LogP contribution >= 0.6 is 12.8 Å². The molecule has 0 radical (unpaired) electrons. The molecule has 1 saturated heterocycles. The first-order valence-electron chi connectivity index (χ1n) is 13.9. The molecule has 3 amide bonds. The molecule has 2 aromatic carbocycles. The highest BCUT2D eigenvalue weighted by molar-refractivity contribution is 7.77. The van der Waals surface area contributed by atoms with Crippen LogP contribution in [0.5, 0.6) is 0 Å². The summed E-state index contributed by atoms with van der Waals surface area (Å²) < 4.78 is 1.54. The van der Waals surface area contributed by atoms with E-state index < -0.39 is 42.3 Å². The Labute approximate surface area is 249 Å². The summed E-state index contributed by atoms with van der Waals surface area (Å²) in [7, 11) is 0. The van der Waals surface area contributed by atoms with Gasteiger partial charge in [-0.05, 0) is 43.0 Å². The maximum atomic E-state index is 13.4. The van der Waals surface area contributed by atoms with Gasteiger partial charge in [0.05, 0.1) is 6.04 Å². The van der Waals surface area contributed by atoms with Crippen molar-refractivity contribution < 1.29 is 19.2 Å². The fourth-order valence-electron chi connectivity index (χ4n) is 5.02. The van der Waals surface area contributed by atoms with Crippen molar-refractivity contribution in [1.29, 1.82) is 0 Å². The predicted molar refractivity (Wildman–Crippen MR) is 163 cm³/mol. The minimum Gasteiger partial charge on any atom is -0.361 e. The van der Waals surface area contributed by atoms with Crippen molar-refractivity contribution in [2.75, 3.05) is 13.1 Å². The molecular weight excluding hydrogens is 556 g/mol. The summed E-state index contributed by atoms with van der Waals surface area (Å²) in [4.78, 5) is 54.7. The maximum Gasteiger partial charge on any atom is 0.244 e. The minimum absolute atomic E-state index is 0.146. The van der Waals surface area contributed by atoms with Gasteiger partial charge in [0.1, 0.15) is 30.7 Å². The molecule has 9 N–H and O–H groups in total. The fraction of sp³-hybridized carbons (Fsp3) is 0.379. The summed E-state index contributed by atoms with van der Waals surface area (Å²) in [6, 6.07) is 14.0. The van der Waals surface area contributed by atoms with Crippen molar-refractivity contribution in [3.63, 3.8) is 0 Å². The molecule has 0 bridgehead atoms.